The molecule has 3 aliphatic rings. The number of aliphatic hydroxyl groups is 1. The number of fused-ring (bicyclic) bond motifs is 1. The monoisotopic (exact) mass is 880 g/mol. The Labute approximate surface area is 380 Å². The maximum absolute atomic E-state index is 11.1. The summed E-state index contributed by atoms with van der Waals surface area (Å²) in [5, 5.41) is 11.1. The van der Waals surface area contributed by atoms with Crippen molar-refractivity contribution in [2.24, 2.45) is 0 Å². The lowest BCUT2D eigenvalue weighted by Crippen LogP contribution is -2.66. The van der Waals surface area contributed by atoms with Gasteiger partial charge in [-0.1, -0.05) is 182 Å². The molecule has 338 valence electrons. The fourth-order valence-electron chi connectivity index (χ4n) is 8.47. The van der Waals surface area contributed by atoms with E-state index in [0.717, 1.165) is 33.4 Å². The smallest absolute Gasteiger partial charge is 0.190 e. The van der Waals surface area contributed by atoms with Crippen molar-refractivity contribution in [2.45, 2.75) is 101 Å². The summed E-state index contributed by atoms with van der Waals surface area (Å²) in [4.78, 5) is 0. The van der Waals surface area contributed by atoms with Gasteiger partial charge < -0.3 is 52.5 Å². The van der Waals surface area contributed by atoms with Gasteiger partial charge in [-0.05, 0) is 27.8 Å². The Morgan fingerprint density at radius 1 is 0.400 bits per heavy atom. The van der Waals surface area contributed by atoms with E-state index in [1.807, 2.05) is 182 Å². The second kappa shape index (κ2) is 22.9. The molecule has 3 heterocycles. The van der Waals surface area contributed by atoms with E-state index in [4.69, 9.17) is 47.4 Å². The average Bonchev–Trinajstić information content (AvgIpc) is 3.37. The molecule has 1 N–H and O–H groups in total. The molecule has 65 heavy (non-hydrogen) atoms. The first-order valence-corrected chi connectivity index (χ1v) is 22.4. The summed E-state index contributed by atoms with van der Waals surface area (Å²) >= 11 is 0. The van der Waals surface area contributed by atoms with Crippen molar-refractivity contribution in [3.05, 3.63) is 215 Å². The lowest BCUT2D eigenvalue weighted by atomic mass is 9.96. The molecule has 0 aromatic heterocycles. The Hall–Kier alpha value is -5.12. The molecule has 11 nitrogen and oxygen atoms in total. The molecule has 0 unspecified atom stereocenters. The van der Waals surface area contributed by atoms with Crippen LogP contribution >= 0.6 is 0 Å². The molecule has 11 atom stereocenters. The molecule has 6 aromatic carbocycles. The highest BCUT2D eigenvalue weighted by atomic mass is 16.8. The van der Waals surface area contributed by atoms with Gasteiger partial charge in [-0.2, -0.15) is 0 Å². The minimum atomic E-state index is -1.14. The highest BCUT2D eigenvalue weighted by Gasteiger charge is 2.55. The van der Waals surface area contributed by atoms with E-state index in [9.17, 15) is 5.11 Å². The van der Waals surface area contributed by atoms with Gasteiger partial charge in [0.1, 0.15) is 48.8 Å². The molecular formula is C54H56O11. The van der Waals surface area contributed by atoms with Gasteiger partial charge in [0.25, 0.3) is 0 Å². The minimum absolute atomic E-state index is 0.192. The van der Waals surface area contributed by atoms with Crippen molar-refractivity contribution in [3.63, 3.8) is 0 Å². The van der Waals surface area contributed by atoms with E-state index in [2.05, 4.69) is 0 Å². The van der Waals surface area contributed by atoms with Gasteiger partial charge in [-0.25, -0.2) is 0 Å². The maximum atomic E-state index is 11.1. The molecule has 0 bridgehead atoms. The number of hydrogen-bond acceptors (Lipinski definition) is 11. The summed E-state index contributed by atoms with van der Waals surface area (Å²) in [6, 6.07) is 59.4. The molecule has 0 aliphatic carbocycles. The van der Waals surface area contributed by atoms with Gasteiger partial charge in [0, 0.05) is 5.56 Å². The Morgan fingerprint density at radius 3 is 1.22 bits per heavy atom. The summed E-state index contributed by atoms with van der Waals surface area (Å²) < 4.78 is 68.0. The highest BCUT2D eigenvalue weighted by molar-refractivity contribution is 5.19. The zero-order valence-electron chi connectivity index (χ0n) is 36.2. The predicted molar refractivity (Wildman–Crippen MR) is 241 cm³/mol. The third-order valence-corrected chi connectivity index (χ3v) is 11.8. The fourth-order valence-corrected chi connectivity index (χ4v) is 8.47. The van der Waals surface area contributed by atoms with Crippen LogP contribution in [0.3, 0.4) is 0 Å². The Balaban J connectivity index is 1.06. The van der Waals surface area contributed by atoms with E-state index in [1.165, 1.54) is 0 Å². The zero-order valence-corrected chi connectivity index (χ0v) is 36.2. The van der Waals surface area contributed by atoms with Crippen LogP contribution in [0.1, 0.15) is 39.7 Å². The van der Waals surface area contributed by atoms with Gasteiger partial charge in [0.05, 0.1) is 46.2 Å². The molecule has 6 aromatic rings. The van der Waals surface area contributed by atoms with Crippen LogP contribution in [0.15, 0.2) is 182 Å². The normalized spacial score (nSPS) is 27.7. The van der Waals surface area contributed by atoms with Crippen LogP contribution in [0.2, 0.25) is 0 Å². The molecule has 0 radical (unpaired) electrons. The highest BCUT2D eigenvalue weighted by Crippen LogP contribution is 2.40. The van der Waals surface area contributed by atoms with Gasteiger partial charge in [0.15, 0.2) is 18.9 Å². The summed E-state index contributed by atoms with van der Waals surface area (Å²) in [5.41, 5.74) is 5.68. The quantitative estimate of drug-likeness (QED) is 0.0846. The molecule has 0 spiro atoms. The van der Waals surface area contributed by atoms with Crippen LogP contribution in [0.4, 0.5) is 0 Å². The molecule has 0 amide bonds. The van der Waals surface area contributed by atoms with Crippen LogP contribution < -0.4 is 0 Å². The van der Waals surface area contributed by atoms with Crippen LogP contribution in [0.5, 0.6) is 0 Å². The van der Waals surface area contributed by atoms with Crippen LogP contribution in [-0.4, -0.2) is 79.7 Å². The molecule has 3 aliphatic heterocycles. The van der Waals surface area contributed by atoms with E-state index < -0.39 is 67.7 Å². The van der Waals surface area contributed by atoms with Crippen molar-refractivity contribution < 1.29 is 52.5 Å². The number of hydrogen-bond donors (Lipinski definition) is 1. The number of ether oxygens (including phenoxy) is 10. The number of rotatable bonds is 19. The fraction of sp³-hybridized carbons (Fsp3) is 0.333. The zero-order chi connectivity index (χ0) is 44.0. The van der Waals surface area contributed by atoms with Gasteiger partial charge in [0.2, 0.25) is 0 Å². The SMILES string of the molecule is OC[C@H]1O[C@H](O[C@H]2O[C@@H]3CO[C@@H](c4ccccc4)O[C@H]3[C@H](OCc3ccccc3)[C@H]2OCc2ccccc2)[C@H](OCc2ccccc2)[C@@H](OCc2ccccc2)[C@@H]1OCc1ccccc1. The average molecular weight is 881 g/mol. The first kappa shape index (κ1) is 45.1. The number of benzene rings is 6. The van der Waals surface area contributed by atoms with Gasteiger partial charge in [-0.15, -0.1) is 0 Å². The minimum Gasteiger partial charge on any atom is -0.394 e. The van der Waals surface area contributed by atoms with Crippen molar-refractivity contribution in [1.29, 1.82) is 0 Å². The second-order valence-electron chi connectivity index (χ2n) is 16.4. The van der Waals surface area contributed by atoms with Crippen LogP contribution in [0.25, 0.3) is 0 Å². The molecule has 11 heteroatoms. The first-order chi connectivity index (χ1) is 32.2. The predicted octanol–water partition coefficient (Wildman–Crippen LogP) is 8.49. The Kier molecular flexibility index (Phi) is 15.8. The van der Waals surface area contributed by atoms with Crippen LogP contribution in [-0.2, 0) is 80.4 Å². The Bertz CT molecular complexity index is 2150. The van der Waals surface area contributed by atoms with Crippen molar-refractivity contribution in [2.75, 3.05) is 13.2 Å². The standard InChI is InChI=1S/C54H56O11/c55-31-44-46(56-32-38-19-7-1-8-20-38)48(57-33-39-21-9-2-10-22-39)50(59-35-41-25-13-4-14-26-41)53(62-44)65-54-51(60-36-42-27-15-5-16-28-42)49(58-34-40-23-11-3-12-24-40)47-45(63-54)37-61-52(64-47)43-29-17-6-18-30-43/h1-30,44-55H,31-37H2/t44-,45-,46-,47-,48+,49+,50-,51-,52-,53-,54-/m1/s1. The first-order valence-electron chi connectivity index (χ1n) is 22.4. The summed E-state index contributed by atoms with van der Waals surface area (Å²) in [7, 11) is 0. The third kappa shape index (κ3) is 11.8. The molecule has 3 fully saturated rings. The van der Waals surface area contributed by atoms with E-state index in [1.54, 1.807) is 0 Å². The maximum Gasteiger partial charge on any atom is 0.190 e. The summed E-state index contributed by atoms with van der Waals surface area (Å²) in [6.07, 6.45) is -8.98. The molecule has 9 rings (SSSR count). The molecule has 0 saturated carbocycles. The van der Waals surface area contributed by atoms with Crippen molar-refractivity contribution in [1.82, 2.24) is 0 Å². The van der Waals surface area contributed by atoms with E-state index >= 15 is 0 Å². The van der Waals surface area contributed by atoms with Gasteiger partial charge in [-0.3, -0.25) is 0 Å². The number of aliphatic hydroxyl groups excluding tert-OH is 1. The van der Waals surface area contributed by atoms with Crippen molar-refractivity contribution in [3.8, 4) is 0 Å². The van der Waals surface area contributed by atoms with Crippen molar-refractivity contribution >= 4 is 0 Å². The lowest BCUT2D eigenvalue weighted by molar-refractivity contribution is -0.411. The summed E-state index contributed by atoms with van der Waals surface area (Å²) in [5.74, 6) is 0. The van der Waals surface area contributed by atoms with Gasteiger partial charge >= 0.3 is 0 Å². The topological polar surface area (TPSA) is 113 Å². The second-order valence-corrected chi connectivity index (χ2v) is 16.4. The molecule has 3 saturated heterocycles. The van der Waals surface area contributed by atoms with Crippen LogP contribution in [0, 0.1) is 0 Å². The third-order valence-electron chi connectivity index (χ3n) is 11.8. The largest absolute Gasteiger partial charge is 0.394 e. The van der Waals surface area contributed by atoms with E-state index in [0.29, 0.717) is 0 Å². The molecular weight excluding hydrogens is 825 g/mol. The Morgan fingerprint density at radius 2 is 0.769 bits per heavy atom. The van der Waals surface area contributed by atoms with E-state index in [-0.39, 0.29) is 46.2 Å². The summed E-state index contributed by atoms with van der Waals surface area (Å²) in [6.45, 7) is 1.02. The lowest BCUT2D eigenvalue weighted by Gasteiger charge is -2.51.